The Bertz CT molecular complexity index is 376. The summed E-state index contributed by atoms with van der Waals surface area (Å²) in [7, 11) is 0. The summed E-state index contributed by atoms with van der Waals surface area (Å²) in [6.07, 6.45) is 6.72. The van der Waals surface area contributed by atoms with Gasteiger partial charge in [0.15, 0.2) is 0 Å². The minimum absolute atomic E-state index is 0.527. The van der Waals surface area contributed by atoms with Crippen LogP contribution in [0.2, 0.25) is 0 Å². The first kappa shape index (κ1) is 9.33. The SMILES string of the molecule is NCCC1=CN=C2C=CC(O)(O)C=C12. The van der Waals surface area contributed by atoms with Gasteiger partial charge in [0, 0.05) is 11.8 Å². The van der Waals surface area contributed by atoms with Crippen LogP contribution in [-0.4, -0.2) is 28.3 Å². The van der Waals surface area contributed by atoms with Crippen LogP contribution in [0.5, 0.6) is 0 Å². The second kappa shape index (κ2) is 3.16. The van der Waals surface area contributed by atoms with Crippen molar-refractivity contribution < 1.29 is 10.2 Å². The third kappa shape index (κ3) is 1.55. The summed E-state index contributed by atoms with van der Waals surface area (Å²) in [5.74, 6) is -1.85. The van der Waals surface area contributed by atoms with Crippen molar-refractivity contribution in [3.63, 3.8) is 0 Å². The van der Waals surface area contributed by atoms with Crippen LogP contribution in [0, 0.1) is 0 Å². The Hall–Kier alpha value is -1.23. The minimum atomic E-state index is -1.85. The zero-order valence-electron chi connectivity index (χ0n) is 7.64. The minimum Gasteiger partial charge on any atom is -0.359 e. The Balaban J connectivity index is 2.30. The molecule has 0 bridgehead atoms. The van der Waals surface area contributed by atoms with E-state index in [1.165, 1.54) is 12.2 Å². The summed E-state index contributed by atoms with van der Waals surface area (Å²) in [4.78, 5) is 4.15. The monoisotopic (exact) mass is 192 g/mol. The largest absolute Gasteiger partial charge is 0.359 e. The molecular formula is C10H12N2O2. The highest BCUT2D eigenvalue weighted by Crippen LogP contribution is 2.28. The lowest BCUT2D eigenvalue weighted by Crippen LogP contribution is -2.26. The third-order valence-corrected chi connectivity index (χ3v) is 2.24. The summed E-state index contributed by atoms with van der Waals surface area (Å²) < 4.78 is 0. The number of nitrogens with zero attached hydrogens (tertiary/aromatic N) is 1. The van der Waals surface area contributed by atoms with E-state index < -0.39 is 5.79 Å². The zero-order chi connectivity index (χ0) is 10.2. The molecule has 1 aliphatic heterocycles. The molecule has 4 heteroatoms. The second-order valence-electron chi connectivity index (χ2n) is 3.38. The summed E-state index contributed by atoms with van der Waals surface area (Å²) in [5, 5.41) is 18.8. The topological polar surface area (TPSA) is 78.8 Å². The highest BCUT2D eigenvalue weighted by atomic mass is 16.5. The van der Waals surface area contributed by atoms with Crippen LogP contribution < -0.4 is 5.73 Å². The molecule has 0 saturated heterocycles. The molecule has 0 amide bonds. The average Bonchev–Trinajstić information content (AvgIpc) is 2.47. The van der Waals surface area contributed by atoms with Gasteiger partial charge in [-0.3, -0.25) is 4.99 Å². The van der Waals surface area contributed by atoms with Crippen molar-refractivity contribution in [1.82, 2.24) is 0 Å². The molecule has 2 rings (SSSR count). The molecule has 0 radical (unpaired) electrons. The molecule has 0 unspecified atom stereocenters. The Morgan fingerprint density at radius 3 is 2.93 bits per heavy atom. The van der Waals surface area contributed by atoms with Gasteiger partial charge >= 0.3 is 0 Å². The van der Waals surface area contributed by atoms with Gasteiger partial charge in [0.2, 0.25) is 5.79 Å². The van der Waals surface area contributed by atoms with Gasteiger partial charge in [0.1, 0.15) is 0 Å². The highest BCUT2D eigenvalue weighted by molar-refractivity contribution is 6.14. The Morgan fingerprint density at radius 1 is 1.43 bits per heavy atom. The van der Waals surface area contributed by atoms with Crippen LogP contribution in [0.3, 0.4) is 0 Å². The normalized spacial score (nSPS) is 22.6. The molecule has 2 aliphatic rings. The number of rotatable bonds is 2. The first-order valence-electron chi connectivity index (χ1n) is 4.47. The van der Waals surface area contributed by atoms with Crippen LogP contribution in [0.15, 0.2) is 40.6 Å². The molecule has 0 aromatic carbocycles. The number of hydrogen-bond acceptors (Lipinski definition) is 4. The maximum atomic E-state index is 9.39. The van der Waals surface area contributed by atoms with Crippen molar-refractivity contribution in [2.24, 2.45) is 10.7 Å². The molecule has 4 N–H and O–H groups in total. The van der Waals surface area contributed by atoms with Crippen LogP contribution in [0.1, 0.15) is 6.42 Å². The molecule has 0 saturated carbocycles. The molecule has 74 valence electrons. The molecule has 0 fully saturated rings. The highest BCUT2D eigenvalue weighted by Gasteiger charge is 2.26. The maximum absolute atomic E-state index is 9.39. The van der Waals surface area contributed by atoms with Gasteiger partial charge in [-0.05, 0) is 36.8 Å². The smallest absolute Gasteiger partial charge is 0.204 e. The van der Waals surface area contributed by atoms with Crippen LogP contribution in [-0.2, 0) is 0 Å². The van der Waals surface area contributed by atoms with Gasteiger partial charge in [-0.25, -0.2) is 0 Å². The lowest BCUT2D eigenvalue weighted by molar-refractivity contribution is -0.0747. The molecule has 0 aromatic rings. The second-order valence-corrected chi connectivity index (χ2v) is 3.38. The predicted octanol–water partition coefficient (Wildman–Crippen LogP) is -0.149. The predicted molar refractivity (Wildman–Crippen MR) is 53.6 cm³/mol. The van der Waals surface area contributed by atoms with Gasteiger partial charge < -0.3 is 15.9 Å². The van der Waals surface area contributed by atoms with Crippen molar-refractivity contribution in [3.8, 4) is 0 Å². The Kier molecular flexibility index (Phi) is 2.11. The van der Waals surface area contributed by atoms with Crippen molar-refractivity contribution in [3.05, 3.63) is 35.6 Å². The number of aliphatic hydroxyl groups is 2. The third-order valence-electron chi connectivity index (χ3n) is 2.24. The van der Waals surface area contributed by atoms with Crippen LogP contribution in [0.25, 0.3) is 0 Å². The standard InChI is InChI=1S/C10H12N2O2/c11-4-2-7-6-12-9-1-3-10(13,14)5-8(7)9/h1,3,5-6,13-14H,2,4,11H2. The van der Waals surface area contributed by atoms with E-state index in [0.29, 0.717) is 13.0 Å². The molecule has 0 spiro atoms. The van der Waals surface area contributed by atoms with E-state index in [-0.39, 0.29) is 0 Å². The first-order chi connectivity index (χ1) is 6.62. The van der Waals surface area contributed by atoms with E-state index >= 15 is 0 Å². The fourth-order valence-corrected chi connectivity index (χ4v) is 1.57. The Morgan fingerprint density at radius 2 is 2.21 bits per heavy atom. The van der Waals surface area contributed by atoms with Crippen LogP contribution >= 0.6 is 0 Å². The van der Waals surface area contributed by atoms with Crippen molar-refractivity contribution in [2.45, 2.75) is 12.2 Å². The lowest BCUT2D eigenvalue weighted by atomic mass is 9.94. The van der Waals surface area contributed by atoms with Gasteiger partial charge in [0.05, 0.1) is 5.71 Å². The molecular weight excluding hydrogens is 180 g/mol. The van der Waals surface area contributed by atoms with E-state index in [2.05, 4.69) is 4.99 Å². The summed E-state index contributed by atoms with van der Waals surface area (Å²) in [6, 6.07) is 0. The average molecular weight is 192 g/mol. The number of nitrogens with two attached hydrogens (primary N) is 1. The summed E-state index contributed by atoms with van der Waals surface area (Å²) >= 11 is 0. The quantitative estimate of drug-likeness (QED) is 0.532. The van der Waals surface area contributed by atoms with Gasteiger partial charge in [0.25, 0.3) is 0 Å². The molecule has 0 aromatic heterocycles. The molecule has 4 nitrogen and oxygen atoms in total. The van der Waals surface area contributed by atoms with E-state index in [1.54, 1.807) is 12.3 Å². The fraction of sp³-hybridized carbons (Fsp3) is 0.300. The molecule has 14 heavy (non-hydrogen) atoms. The molecule has 1 heterocycles. The molecule has 1 aliphatic carbocycles. The van der Waals surface area contributed by atoms with Gasteiger partial charge in [-0.2, -0.15) is 0 Å². The molecule has 0 atom stereocenters. The van der Waals surface area contributed by atoms with E-state index in [9.17, 15) is 10.2 Å². The van der Waals surface area contributed by atoms with Crippen molar-refractivity contribution >= 4 is 5.71 Å². The Labute approximate surface area is 81.8 Å². The first-order valence-corrected chi connectivity index (χ1v) is 4.47. The number of hydrogen-bond donors (Lipinski definition) is 3. The van der Waals surface area contributed by atoms with Crippen LogP contribution in [0.4, 0.5) is 0 Å². The number of aliphatic imine (C=N–C) groups is 1. The zero-order valence-corrected chi connectivity index (χ0v) is 7.64. The van der Waals surface area contributed by atoms with E-state index in [4.69, 9.17) is 5.73 Å². The van der Waals surface area contributed by atoms with Gasteiger partial charge in [-0.15, -0.1) is 0 Å². The van der Waals surface area contributed by atoms with Crippen molar-refractivity contribution in [2.75, 3.05) is 6.54 Å². The van der Waals surface area contributed by atoms with E-state index in [0.717, 1.165) is 16.9 Å². The lowest BCUT2D eigenvalue weighted by Gasteiger charge is -2.19. The van der Waals surface area contributed by atoms with Crippen molar-refractivity contribution in [1.29, 1.82) is 0 Å². The number of allylic oxidation sites excluding steroid dienone is 2. The van der Waals surface area contributed by atoms with Gasteiger partial charge in [-0.1, -0.05) is 0 Å². The summed E-state index contributed by atoms with van der Waals surface area (Å²) in [5.41, 5.74) is 7.94. The fourth-order valence-electron chi connectivity index (χ4n) is 1.57. The number of fused-ring (bicyclic) bond motifs is 1. The summed E-state index contributed by atoms with van der Waals surface area (Å²) in [6.45, 7) is 0.527. The maximum Gasteiger partial charge on any atom is 0.204 e. The van der Waals surface area contributed by atoms with E-state index in [1.807, 2.05) is 0 Å².